The van der Waals surface area contributed by atoms with E-state index >= 15 is 0 Å². The van der Waals surface area contributed by atoms with Gasteiger partial charge in [0.15, 0.2) is 0 Å². The molecule has 1 heterocycles. The summed E-state index contributed by atoms with van der Waals surface area (Å²) < 4.78 is 0. The average Bonchev–Trinajstić information content (AvgIpc) is 2.36. The van der Waals surface area contributed by atoms with Crippen LogP contribution in [0.4, 0.5) is 0 Å². The third kappa shape index (κ3) is 3.50. The van der Waals surface area contributed by atoms with Gasteiger partial charge in [0.05, 0.1) is 0 Å². The number of rotatable bonds is 3. The van der Waals surface area contributed by atoms with E-state index in [1.165, 1.54) is 18.5 Å². The molecule has 0 aromatic heterocycles. The molecule has 2 heteroatoms. The first kappa shape index (κ1) is 14.4. The van der Waals surface area contributed by atoms with Gasteiger partial charge in [-0.1, -0.05) is 26.0 Å². The highest BCUT2D eigenvalue weighted by Gasteiger charge is 2.31. The molecule has 0 spiro atoms. The fourth-order valence-corrected chi connectivity index (χ4v) is 3.43. The summed E-state index contributed by atoms with van der Waals surface area (Å²) in [4.78, 5) is 2.66. The molecule has 0 radical (unpaired) electrons. The first-order valence-electron chi connectivity index (χ1n) is 7.51. The van der Waals surface area contributed by atoms with Crippen molar-refractivity contribution in [2.75, 3.05) is 6.54 Å². The third-order valence-corrected chi connectivity index (χ3v) is 4.68. The molecule has 1 aliphatic heterocycles. The van der Waals surface area contributed by atoms with E-state index in [-0.39, 0.29) is 0 Å². The summed E-state index contributed by atoms with van der Waals surface area (Å²) in [6.45, 7) is 10.6. The van der Waals surface area contributed by atoms with Gasteiger partial charge in [-0.3, -0.25) is 4.90 Å². The van der Waals surface area contributed by atoms with Gasteiger partial charge in [0.2, 0.25) is 0 Å². The van der Waals surface area contributed by atoms with Gasteiger partial charge in [0.25, 0.3) is 0 Å². The van der Waals surface area contributed by atoms with Crippen LogP contribution in [0.25, 0.3) is 0 Å². The average molecular weight is 261 g/mol. The van der Waals surface area contributed by atoms with Crippen LogP contribution in [0.3, 0.4) is 0 Å². The fourth-order valence-electron chi connectivity index (χ4n) is 3.43. The highest BCUT2D eigenvalue weighted by Crippen LogP contribution is 2.29. The smallest absolute Gasteiger partial charge is 0.115 e. The van der Waals surface area contributed by atoms with Gasteiger partial charge in [0.1, 0.15) is 5.75 Å². The van der Waals surface area contributed by atoms with Crippen LogP contribution in [0, 0.1) is 11.8 Å². The van der Waals surface area contributed by atoms with Gasteiger partial charge >= 0.3 is 0 Å². The number of aromatic hydroxyl groups is 1. The Morgan fingerprint density at radius 2 is 1.84 bits per heavy atom. The van der Waals surface area contributed by atoms with Gasteiger partial charge in [-0.05, 0) is 56.2 Å². The van der Waals surface area contributed by atoms with Crippen LogP contribution in [0.1, 0.15) is 39.7 Å². The molecule has 1 aromatic rings. The molecule has 0 aliphatic carbocycles. The van der Waals surface area contributed by atoms with Crippen LogP contribution in [0.15, 0.2) is 24.3 Å². The Kier molecular flexibility index (Phi) is 4.51. The summed E-state index contributed by atoms with van der Waals surface area (Å²) in [6, 6.07) is 8.87. The summed E-state index contributed by atoms with van der Waals surface area (Å²) in [7, 11) is 0. The summed E-state index contributed by atoms with van der Waals surface area (Å²) in [6.07, 6.45) is 2.41. The molecule has 2 rings (SSSR count). The maximum absolute atomic E-state index is 9.34. The normalized spacial score (nSPS) is 30.2. The topological polar surface area (TPSA) is 23.5 Å². The van der Waals surface area contributed by atoms with E-state index in [2.05, 4.69) is 32.6 Å². The van der Waals surface area contributed by atoms with Gasteiger partial charge in [-0.2, -0.15) is 0 Å². The lowest BCUT2D eigenvalue weighted by atomic mass is 9.84. The van der Waals surface area contributed by atoms with Crippen molar-refractivity contribution in [2.24, 2.45) is 11.8 Å². The molecule has 1 N–H and O–H groups in total. The molecular formula is C17H27NO. The van der Waals surface area contributed by atoms with E-state index in [0.29, 0.717) is 17.8 Å². The van der Waals surface area contributed by atoms with Crippen LogP contribution in [0.5, 0.6) is 5.75 Å². The Labute approximate surface area is 117 Å². The number of hydrogen-bond donors (Lipinski definition) is 1. The van der Waals surface area contributed by atoms with E-state index in [4.69, 9.17) is 0 Å². The molecule has 19 heavy (non-hydrogen) atoms. The van der Waals surface area contributed by atoms with Gasteiger partial charge in [-0.15, -0.1) is 0 Å². The SMILES string of the molecule is CC1CC(C)C(C)N(C(C)Cc2ccc(O)cc2)C1. The highest BCUT2D eigenvalue weighted by molar-refractivity contribution is 5.26. The zero-order valence-electron chi connectivity index (χ0n) is 12.6. The molecule has 1 aliphatic rings. The van der Waals surface area contributed by atoms with Crippen LogP contribution in [-0.2, 0) is 6.42 Å². The van der Waals surface area contributed by atoms with Crippen LogP contribution in [0.2, 0.25) is 0 Å². The van der Waals surface area contributed by atoms with Crippen molar-refractivity contribution in [3.63, 3.8) is 0 Å². The summed E-state index contributed by atoms with van der Waals surface area (Å²) in [5, 5.41) is 9.34. The standard InChI is InChI=1S/C17H27NO/c1-12-9-13(2)15(4)18(11-12)14(3)10-16-5-7-17(19)8-6-16/h5-8,12-15,19H,9-11H2,1-4H3. The second kappa shape index (κ2) is 5.96. The van der Waals surface area contributed by atoms with E-state index < -0.39 is 0 Å². The van der Waals surface area contributed by atoms with Crippen molar-refractivity contribution >= 4 is 0 Å². The monoisotopic (exact) mass is 261 g/mol. The summed E-state index contributed by atoms with van der Waals surface area (Å²) >= 11 is 0. The number of phenolic OH excluding ortho intramolecular Hbond substituents is 1. The maximum atomic E-state index is 9.34. The molecule has 0 amide bonds. The molecular weight excluding hydrogens is 234 g/mol. The molecule has 106 valence electrons. The van der Waals surface area contributed by atoms with Gasteiger partial charge < -0.3 is 5.11 Å². The van der Waals surface area contributed by atoms with Gasteiger partial charge in [-0.25, -0.2) is 0 Å². The number of nitrogens with zero attached hydrogens (tertiary/aromatic N) is 1. The van der Waals surface area contributed by atoms with Crippen LogP contribution < -0.4 is 0 Å². The molecule has 1 aromatic carbocycles. The lowest BCUT2D eigenvalue weighted by Crippen LogP contribution is -2.50. The second-order valence-corrected chi connectivity index (χ2v) is 6.48. The molecule has 1 saturated heterocycles. The predicted octanol–water partition coefficient (Wildman–Crippen LogP) is 3.69. The third-order valence-electron chi connectivity index (χ3n) is 4.68. The summed E-state index contributed by atoms with van der Waals surface area (Å²) in [5.41, 5.74) is 1.31. The van der Waals surface area contributed by atoms with E-state index in [1.54, 1.807) is 12.1 Å². The van der Waals surface area contributed by atoms with Crippen LogP contribution in [-0.4, -0.2) is 28.6 Å². The minimum absolute atomic E-state index is 0.352. The molecule has 0 saturated carbocycles. The maximum Gasteiger partial charge on any atom is 0.115 e. The first-order chi connectivity index (χ1) is 8.97. The number of hydrogen-bond acceptors (Lipinski definition) is 2. The van der Waals surface area contributed by atoms with Crippen molar-refractivity contribution in [2.45, 2.75) is 52.6 Å². The minimum atomic E-state index is 0.352. The lowest BCUT2D eigenvalue weighted by molar-refractivity contribution is 0.0467. The largest absolute Gasteiger partial charge is 0.508 e. The molecule has 0 bridgehead atoms. The molecule has 4 atom stereocenters. The lowest BCUT2D eigenvalue weighted by Gasteiger charge is -2.44. The van der Waals surface area contributed by atoms with Gasteiger partial charge in [0, 0.05) is 18.6 Å². The molecule has 4 unspecified atom stereocenters. The number of benzene rings is 1. The first-order valence-corrected chi connectivity index (χ1v) is 7.51. The zero-order valence-corrected chi connectivity index (χ0v) is 12.6. The second-order valence-electron chi connectivity index (χ2n) is 6.48. The Hall–Kier alpha value is -1.02. The fraction of sp³-hybridized carbons (Fsp3) is 0.647. The van der Waals surface area contributed by atoms with Crippen molar-refractivity contribution in [3.05, 3.63) is 29.8 Å². The predicted molar refractivity (Wildman–Crippen MR) is 80.4 cm³/mol. The van der Waals surface area contributed by atoms with Crippen molar-refractivity contribution in [1.82, 2.24) is 4.90 Å². The highest BCUT2D eigenvalue weighted by atomic mass is 16.3. The Morgan fingerprint density at radius 3 is 2.47 bits per heavy atom. The zero-order chi connectivity index (χ0) is 14.0. The van der Waals surface area contributed by atoms with E-state index in [9.17, 15) is 5.11 Å². The van der Waals surface area contributed by atoms with Crippen molar-refractivity contribution < 1.29 is 5.11 Å². The number of likely N-dealkylation sites (tertiary alicyclic amines) is 1. The number of piperidine rings is 1. The Morgan fingerprint density at radius 1 is 1.21 bits per heavy atom. The Balaban J connectivity index is 2.02. The quantitative estimate of drug-likeness (QED) is 0.897. The van der Waals surface area contributed by atoms with E-state index in [1.807, 2.05) is 12.1 Å². The van der Waals surface area contributed by atoms with Crippen LogP contribution >= 0.6 is 0 Å². The van der Waals surface area contributed by atoms with E-state index in [0.717, 1.165) is 18.3 Å². The minimum Gasteiger partial charge on any atom is -0.508 e. The van der Waals surface area contributed by atoms with Crippen molar-refractivity contribution in [3.8, 4) is 5.75 Å². The van der Waals surface area contributed by atoms with Crippen molar-refractivity contribution in [1.29, 1.82) is 0 Å². The molecule has 1 fully saturated rings. The molecule has 2 nitrogen and oxygen atoms in total. The Bertz CT molecular complexity index is 400. The summed E-state index contributed by atoms with van der Waals surface area (Å²) in [5.74, 6) is 1.93. The number of phenols is 1.